The van der Waals surface area contributed by atoms with Crippen LogP contribution in [0.15, 0.2) is 36.0 Å². The number of esters is 2. The Kier molecular flexibility index (Phi) is 6.05. The van der Waals surface area contributed by atoms with Gasteiger partial charge in [-0.15, -0.1) is 0 Å². The summed E-state index contributed by atoms with van der Waals surface area (Å²) in [6, 6.07) is 7.57. The topological polar surface area (TPSA) is 81.7 Å². The Morgan fingerprint density at radius 3 is 2.57 bits per heavy atom. The van der Waals surface area contributed by atoms with Gasteiger partial charge in [-0.1, -0.05) is 25.1 Å². The van der Waals surface area contributed by atoms with Crippen molar-refractivity contribution < 1.29 is 23.9 Å². The van der Waals surface area contributed by atoms with Gasteiger partial charge in [-0.05, 0) is 93.1 Å². The summed E-state index contributed by atoms with van der Waals surface area (Å²) in [6.07, 6.45) is 8.69. The van der Waals surface area contributed by atoms with Gasteiger partial charge < -0.3 is 14.8 Å². The second-order valence-corrected chi connectivity index (χ2v) is 11.6. The molecule has 6 nitrogen and oxygen atoms in total. The number of hydrogen-bond donors (Lipinski definition) is 1. The summed E-state index contributed by atoms with van der Waals surface area (Å²) < 4.78 is 10.9. The summed E-state index contributed by atoms with van der Waals surface area (Å²) in [4.78, 5) is 37.9. The van der Waals surface area contributed by atoms with Gasteiger partial charge >= 0.3 is 11.9 Å². The smallest absolute Gasteiger partial charge is 0.312 e. The van der Waals surface area contributed by atoms with Gasteiger partial charge in [0.2, 0.25) is 5.78 Å². The predicted molar refractivity (Wildman–Crippen MR) is 133 cm³/mol. The van der Waals surface area contributed by atoms with Crippen molar-refractivity contribution >= 4 is 23.4 Å². The number of allylic oxidation sites excluding steroid dienone is 2. The van der Waals surface area contributed by atoms with Crippen LogP contribution in [0.1, 0.15) is 76.1 Å². The molecule has 3 fully saturated rings. The van der Waals surface area contributed by atoms with E-state index >= 15 is 0 Å². The molecule has 0 bridgehead atoms. The molecule has 1 N–H and O–H groups in total. The van der Waals surface area contributed by atoms with E-state index in [1.54, 1.807) is 0 Å². The largest absolute Gasteiger partial charge is 0.469 e. The van der Waals surface area contributed by atoms with Gasteiger partial charge in [-0.25, -0.2) is 0 Å². The summed E-state index contributed by atoms with van der Waals surface area (Å²) in [6.45, 7) is 5.93. The zero-order valence-corrected chi connectivity index (χ0v) is 21.3. The lowest BCUT2D eigenvalue weighted by Crippen LogP contribution is -2.55. The molecule has 0 aromatic heterocycles. The molecule has 3 aliphatic carbocycles. The van der Waals surface area contributed by atoms with Crippen LogP contribution in [0.3, 0.4) is 0 Å². The molecule has 1 aromatic carbocycles. The fourth-order valence-electron chi connectivity index (χ4n) is 8.02. The Morgan fingerprint density at radius 1 is 1.09 bits per heavy atom. The minimum absolute atomic E-state index is 0.00303. The van der Waals surface area contributed by atoms with E-state index in [9.17, 15) is 14.4 Å². The van der Waals surface area contributed by atoms with Gasteiger partial charge in [-0.3, -0.25) is 14.4 Å². The Bertz CT molecular complexity index is 1080. The summed E-state index contributed by atoms with van der Waals surface area (Å²) in [5.74, 6) is 0.790. The zero-order valence-electron chi connectivity index (χ0n) is 21.3. The highest BCUT2D eigenvalue weighted by atomic mass is 16.5. The van der Waals surface area contributed by atoms with E-state index in [1.165, 1.54) is 14.0 Å². The van der Waals surface area contributed by atoms with E-state index in [1.807, 2.05) is 31.2 Å². The first kappa shape index (κ1) is 24.1. The number of methoxy groups -OCH3 is 1. The maximum Gasteiger partial charge on any atom is 0.312 e. The van der Waals surface area contributed by atoms with Gasteiger partial charge in [-0.2, -0.15) is 0 Å². The minimum Gasteiger partial charge on any atom is -0.469 e. The van der Waals surface area contributed by atoms with Crippen molar-refractivity contribution in [3.8, 4) is 0 Å². The van der Waals surface area contributed by atoms with Crippen molar-refractivity contribution in [3.05, 3.63) is 41.6 Å². The molecule has 1 heterocycles. The number of hydrogen-bond acceptors (Lipinski definition) is 6. The number of anilines is 1. The van der Waals surface area contributed by atoms with Crippen LogP contribution in [-0.2, 0) is 19.1 Å². The maximum atomic E-state index is 13.2. The number of Topliss-reactive ketones (excluding diaryl/α,β-unsaturated/α-hetero) is 1. The van der Waals surface area contributed by atoms with E-state index in [0.29, 0.717) is 29.0 Å². The summed E-state index contributed by atoms with van der Waals surface area (Å²) in [5.41, 5.74) is 1.57. The van der Waals surface area contributed by atoms with Crippen molar-refractivity contribution in [2.45, 2.75) is 71.8 Å². The van der Waals surface area contributed by atoms with E-state index in [-0.39, 0.29) is 35.2 Å². The molecule has 0 radical (unpaired) electrons. The third kappa shape index (κ3) is 3.89. The van der Waals surface area contributed by atoms with E-state index in [4.69, 9.17) is 9.47 Å². The fraction of sp³-hybridized carbons (Fsp3) is 0.621. The third-order valence-corrected chi connectivity index (χ3v) is 9.89. The number of carbonyl (C=O) groups excluding carboxylic acids is 3. The normalized spacial score (nSPS) is 39.1. The number of rotatable bonds is 3. The number of ether oxygens (including phenoxy) is 2. The zero-order chi connectivity index (χ0) is 25.0. The molecular weight excluding hydrogens is 442 g/mol. The van der Waals surface area contributed by atoms with Gasteiger partial charge in [0.1, 0.15) is 6.10 Å². The number of fused-ring (bicyclic) bond motifs is 4. The Balaban J connectivity index is 1.48. The molecule has 4 aliphatic rings. The first-order valence-corrected chi connectivity index (χ1v) is 13.1. The van der Waals surface area contributed by atoms with Crippen LogP contribution in [0.2, 0.25) is 0 Å². The maximum absolute atomic E-state index is 13.2. The van der Waals surface area contributed by atoms with E-state index in [2.05, 4.69) is 18.3 Å². The van der Waals surface area contributed by atoms with Gasteiger partial charge in [0.25, 0.3) is 0 Å². The number of benzene rings is 1. The lowest BCUT2D eigenvalue weighted by Gasteiger charge is -2.60. The highest BCUT2D eigenvalue weighted by molar-refractivity contribution is 6.18. The van der Waals surface area contributed by atoms with Gasteiger partial charge in [0, 0.05) is 18.2 Å². The van der Waals surface area contributed by atoms with Crippen LogP contribution in [0, 0.1) is 34.5 Å². The average molecular weight is 480 g/mol. The first-order chi connectivity index (χ1) is 16.7. The lowest BCUT2D eigenvalue weighted by molar-refractivity contribution is -0.171. The SMILES string of the molecule is COC(=O)[C@@]1(C)CC[C@H]2[C@@H](CC[C@@H]3C[C@@H](OC(C)=O)CC[C@@]32C)C1/C=C1/Nc2ccccc2C1=O. The van der Waals surface area contributed by atoms with Crippen molar-refractivity contribution in [1.82, 2.24) is 0 Å². The second kappa shape index (κ2) is 8.79. The number of nitrogens with one attached hydrogen (secondary N) is 1. The van der Waals surface area contributed by atoms with Crippen molar-refractivity contribution in [2.75, 3.05) is 12.4 Å². The van der Waals surface area contributed by atoms with Crippen LogP contribution < -0.4 is 5.32 Å². The molecular formula is C29H37NO5. The lowest BCUT2D eigenvalue weighted by atomic mass is 9.44. The number of carbonyl (C=O) groups is 3. The average Bonchev–Trinajstić information content (AvgIpc) is 3.15. The molecule has 6 heteroatoms. The van der Waals surface area contributed by atoms with Crippen LogP contribution in [0.4, 0.5) is 5.69 Å². The van der Waals surface area contributed by atoms with Crippen molar-refractivity contribution in [1.29, 1.82) is 0 Å². The van der Waals surface area contributed by atoms with Crippen LogP contribution >= 0.6 is 0 Å². The molecule has 0 amide bonds. The predicted octanol–water partition coefficient (Wildman–Crippen LogP) is 5.53. The Hall–Kier alpha value is -2.63. The molecule has 7 atom stereocenters. The standard InChI is InChI=1S/C29H37NO5/c1-17(31)35-19-11-13-28(2)18(15-19)9-10-20-22(28)12-14-29(3,27(33)34-4)23(20)16-25-26(32)21-7-5-6-8-24(21)30-25/h5-8,16,18-20,22-23,30H,9-15H2,1-4H3/b25-16+/t18-,19+,20-,22+,23?,28+,29+/m1/s1. The molecule has 1 aromatic rings. The first-order valence-electron chi connectivity index (χ1n) is 13.1. The van der Waals surface area contributed by atoms with Crippen LogP contribution in [0.25, 0.3) is 0 Å². The molecule has 1 aliphatic heterocycles. The Labute approximate surface area is 207 Å². The van der Waals surface area contributed by atoms with Crippen LogP contribution in [0.5, 0.6) is 0 Å². The number of ketones is 1. The van der Waals surface area contributed by atoms with Crippen molar-refractivity contribution in [3.63, 3.8) is 0 Å². The second-order valence-electron chi connectivity index (χ2n) is 11.6. The molecule has 3 saturated carbocycles. The van der Waals surface area contributed by atoms with E-state index < -0.39 is 5.41 Å². The number of para-hydroxylation sites is 1. The molecule has 35 heavy (non-hydrogen) atoms. The van der Waals surface area contributed by atoms with Gasteiger partial charge in [0.05, 0.1) is 18.2 Å². The quantitative estimate of drug-likeness (QED) is 0.453. The molecule has 188 valence electrons. The summed E-state index contributed by atoms with van der Waals surface area (Å²) in [7, 11) is 1.47. The van der Waals surface area contributed by atoms with E-state index in [0.717, 1.165) is 50.6 Å². The van der Waals surface area contributed by atoms with Gasteiger partial charge in [0.15, 0.2) is 0 Å². The van der Waals surface area contributed by atoms with Crippen molar-refractivity contribution in [2.24, 2.45) is 34.5 Å². The minimum atomic E-state index is -0.669. The fourth-order valence-corrected chi connectivity index (χ4v) is 8.02. The molecule has 0 spiro atoms. The third-order valence-electron chi connectivity index (χ3n) is 9.89. The summed E-state index contributed by atoms with van der Waals surface area (Å²) in [5, 5.41) is 3.32. The molecule has 5 rings (SSSR count). The highest BCUT2D eigenvalue weighted by Gasteiger charge is 2.59. The summed E-state index contributed by atoms with van der Waals surface area (Å²) >= 11 is 0. The monoisotopic (exact) mass is 479 g/mol. The molecule has 0 saturated heterocycles. The highest BCUT2D eigenvalue weighted by Crippen LogP contribution is 2.63. The Morgan fingerprint density at radius 2 is 1.86 bits per heavy atom. The molecule has 1 unspecified atom stereocenters. The van der Waals surface area contributed by atoms with Crippen LogP contribution in [-0.4, -0.2) is 30.9 Å².